The molecule has 0 radical (unpaired) electrons. The minimum atomic E-state index is 0.388. The van der Waals surface area contributed by atoms with E-state index in [1.54, 1.807) is 0 Å². The Hall–Kier alpha value is -1.45. The molecule has 2 atom stereocenters. The van der Waals surface area contributed by atoms with E-state index in [1.807, 2.05) is 48.2 Å². The Morgan fingerprint density at radius 1 is 1.10 bits per heavy atom. The van der Waals surface area contributed by atoms with Gasteiger partial charge in [0.2, 0.25) is 0 Å². The van der Waals surface area contributed by atoms with Crippen LogP contribution in [0.1, 0.15) is 24.3 Å². The van der Waals surface area contributed by atoms with Gasteiger partial charge in [-0.2, -0.15) is 0 Å². The lowest BCUT2D eigenvalue weighted by molar-refractivity contribution is 0.481. The van der Waals surface area contributed by atoms with Crippen molar-refractivity contribution < 1.29 is 4.74 Å². The third-order valence-electron chi connectivity index (χ3n) is 3.48. The fourth-order valence-electron chi connectivity index (χ4n) is 2.32. The van der Waals surface area contributed by atoms with Crippen LogP contribution in [0, 0.1) is 0 Å². The summed E-state index contributed by atoms with van der Waals surface area (Å²) in [4.78, 5) is 0. The van der Waals surface area contributed by atoms with Crippen LogP contribution in [0.3, 0.4) is 0 Å². The van der Waals surface area contributed by atoms with Gasteiger partial charge in [-0.05, 0) is 36.2 Å². The number of benzene rings is 2. The zero-order chi connectivity index (χ0) is 13.8. The number of hydrogen-bond acceptors (Lipinski definition) is 3. The first kappa shape index (κ1) is 13.5. The van der Waals surface area contributed by atoms with E-state index in [-0.39, 0.29) is 0 Å². The minimum Gasteiger partial charge on any atom is -0.457 e. The molecule has 1 saturated heterocycles. The van der Waals surface area contributed by atoms with Crippen LogP contribution >= 0.6 is 11.8 Å². The van der Waals surface area contributed by atoms with E-state index in [1.165, 1.54) is 17.7 Å². The molecule has 0 bridgehead atoms. The van der Waals surface area contributed by atoms with Gasteiger partial charge in [-0.3, -0.25) is 5.32 Å². The topological polar surface area (TPSA) is 21.3 Å². The zero-order valence-electron chi connectivity index (χ0n) is 11.6. The van der Waals surface area contributed by atoms with Crippen LogP contribution in [-0.4, -0.2) is 11.8 Å². The molecule has 2 aromatic carbocycles. The van der Waals surface area contributed by atoms with Gasteiger partial charge >= 0.3 is 0 Å². The summed E-state index contributed by atoms with van der Waals surface area (Å²) in [6.45, 7) is 2.23. The van der Waals surface area contributed by atoms with Gasteiger partial charge in [-0.25, -0.2) is 0 Å². The molecule has 2 unspecified atom stereocenters. The summed E-state index contributed by atoms with van der Waals surface area (Å²) >= 11 is 1.98. The van der Waals surface area contributed by atoms with E-state index >= 15 is 0 Å². The average Bonchev–Trinajstić information content (AvgIpc) is 2.98. The van der Waals surface area contributed by atoms with Crippen LogP contribution in [0.5, 0.6) is 11.5 Å². The molecule has 1 aliphatic heterocycles. The molecular weight excluding hydrogens is 266 g/mol. The van der Waals surface area contributed by atoms with Gasteiger partial charge in [0.05, 0.1) is 5.37 Å². The highest BCUT2D eigenvalue weighted by Gasteiger charge is 2.24. The lowest BCUT2D eigenvalue weighted by atomic mass is 10.2. The quantitative estimate of drug-likeness (QED) is 0.887. The molecule has 1 fully saturated rings. The van der Waals surface area contributed by atoms with Crippen molar-refractivity contribution >= 4 is 11.8 Å². The Morgan fingerprint density at radius 3 is 2.65 bits per heavy atom. The van der Waals surface area contributed by atoms with E-state index in [2.05, 4.69) is 30.4 Å². The van der Waals surface area contributed by atoms with Crippen molar-refractivity contribution in [3.05, 3.63) is 60.2 Å². The van der Waals surface area contributed by atoms with Crippen molar-refractivity contribution in [3.8, 4) is 11.5 Å². The molecular formula is C17H19NOS. The van der Waals surface area contributed by atoms with Gasteiger partial charge in [0.1, 0.15) is 11.5 Å². The summed E-state index contributed by atoms with van der Waals surface area (Å²) in [5.74, 6) is 2.96. The maximum absolute atomic E-state index is 5.89. The van der Waals surface area contributed by atoms with Crippen LogP contribution in [0.15, 0.2) is 54.6 Å². The van der Waals surface area contributed by atoms with Crippen LogP contribution in [0.4, 0.5) is 0 Å². The number of rotatable bonds is 4. The molecule has 3 heteroatoms. The van der Waals surface area contributed by atoms with Gasteiger partial charge < -0.3 is 4.74 Å². The first-order valence-electron chi connectivity index (χ1n) is 7.05. The van der Waals surface area contributed by atoms with Gasteiger partial charge in [0, 0.05) is 11.8 Å². The zero-order valence-corrected chi connectivity index (χ0v) is 12.4. The minimum absolute atomic E-state index is 0.388. The second kappa shape index (κ2) is 6.33. The Balaban J connectivity index is 1.73. The molecule has 1 N–H and O–H groups in total. The van der Waals surface area contributed by atoms with Gasteiger partial charge in [-0.1, -0.05) is 37.3 Å². The smallest absolute Gasteiger partial charge is 0.127 e. The second-order valence-corrected chi connectivity index (χ2v) is 6.11. The number of nitrogens with one attached hydrogen (secondary N) is 1. The fraction of sp³-hybridized carbons (Fsp3) is 0.294. The first-order valence-corrected chi connectivity index (χ1v) is 8.10. The Labute approximate surface area is 124 Å². The standard InChI is InChI=1S/C17H19NOS/c1-2-14-12-20-17(18-14)13-7-6-10-16(11-13)19-15-8-4-3-5-9-15/h3-11,14,17-18H,2,12H2,1H3. The van der Waals surface area contributed by atoms with Crippen LogP contribution in [-0.2, 0) is 0 Å². The Morgan fingerprint density at radius 2 is 1.90 bits per heavy atom. The number of hydrogen-bond donors (Lipinski definition) is 1. The van der Waals surface area contributed by atoms with E-state index in [0.717, 1.165) is 11.5 Å². The molecule has 0 aliphatic carbocycles. The average molecular weight is 285 g/mol. The maximum atomic E-state index is 5.89. The Bertz CT molecular complexity index is 558. The molecule has 2 aromatic rings. The summed E-state index contributed by atoms with van der Waals surface area (Å²) in [7, 11) is 0. The summed E-state index contributed by atoms with van der Waals surface area (Å²) in [5, 5.41) is 4.04. The highest BCUT2D eigenvalue weighted by atomic mass is 32.2. The number of ether oxygens (including phenoxy) is 1. The summed E-state index contributed by atoms with van der Waals surface area (Å²) in [6.07, 6.45) is 1.18. The molecule has 2 nitrogen and oxygen atoms in total. The van der Waals surface area contributed by atoms with Crippen molar-refractivity contribution in [2.24, 2.45) is 0 Å². The van der Waals surface area contributed by atoms with Crippen molar-refractivity contribution in [1.82, 2.24) is 5.32 Å². The van der Waals surface area contributed by atoms with Crippen molar-refractivity contribution in [2.45, 2.75) is 24.8 Å². The third kappa shape index (κ3) is 3.17. The number of para-hydroxylation sites is 1. The maximum Gasteiger partial charge on any atom is 0.127 e. The molecule has 0 aromatic heterocycles. The molecule has 20 heavy (non-hydrogen) atoms. The van der Waals surface area contributed by atoms with Gasteiger partial charge in [0.25, 0.3) is 0 Å². The Kier molecular flexibility index (Phi) is 4.28. The fourth-order valence-corrected chi connectivity index (χ4v) is 3.70. The van der Waals surface area contributed by atoms with E-state index in [4.69, 9.17) is 4.74 Å². The van der Waals surface area contributed by atoms with Crippen molar-refractivity contribution in [1.29, 1.82) is 0 Å². The van der Waals surface area contributed by atoms with E-state index in [9.17, 15) is 0 Å². The van der Waals surface area contributed by atoms with Crippen LogP contribution in [0.2, 0.25) is 0 Å². The molecule has 0 spiro atoms. The predicted molar refractivity (Wildman–Crippen MR) is 85.4 cm³/mol. The first-order chi connectivity index (χ1) is 9.85. The highest BCUT2D eigenvalue weighted by molar-refractivity contribution is 7.99. The van der Waals surface area contributed by atoms with Gasteiger partial charge in [-0.15, -0.1) is 11.8 Å². The third-order valence-corrected chi connectivity index (χ3v) is 4.82. The van der Waals surface area contributed by atoms with Crippen molar-refractivity contribution in [2.75, 3.05) is 5.75 Å². The largest absolute Gasteiger partial charge is 0.457 e. The lowest BCUT2D eigenvalue weighted by Crippen LogP contribution is -2.24. The molecule has 3 rings (SSSR count). The highest BCUT2D eigenvalue weighted by Crippen LogP contribution is 2.35. The van der Waals surface area contributed by atoms with Crippen LogP contribution in [0.25, 0.3) is 0 Å². The monoisotopic (exact) mass is 285 g/mol. The molecule has 1 aliphatic rings. The molecule has 0 saturated carbocycles. The van der Waals surface area contributed by atoms with Crippen molar-refractivity contribution in [3.63, 3.8) is 0 Å². The normalized spacial score (nSPS) is 21.9. The SMILES string of the molecule is CCC1CSC(c2cccc(Oc3ccccc3)c2)N1. The summed E-state index contributed by atoms with van der Waals surface area (Å²) in [6, 6.07) is 18.9. The predicted octanol–water partition coefficient (Wildman–Crippen LogP) is 4.59. The van der Waals surface area contributed by atoms with E-state index < -0.39 is 0 Å². The lowest BCUT2D eigenvalue weighted by Gasteiger charge is -2.14. The number of thioether (sulfide) groups is 1. The second-order valence-electron chi connectivity index (χ2n) is 4.97. The summed E-state index contributed by atoms with van der Waals surface area (Å²) in [5.41, 5.74) is 1.29. The van der Waals surface area contributed by atoms with E-state index in [0.29, 0.717) is 11.4 Å². The molecule has 0 amide bonds. The summed E-state index contributed by atoms with van der Waals surface area (Å²) < 4.78 is 5.89. The molecule has 104 valence electrons. The molecule has 1 heterocycles. The van der Waals surface area contributed by atoms with Gasteiger partial charge in [0.15, 0.2) is 0 Å². The van der Waals surface area contributed by atoms with Crippen LogP contribution < -0.4 is 10.1 Å².